The second-order valence-electron chi connectivity index (χ2n) is 6.08. The molecule has 3 atom stereocenters. The Morgan fingerprint density at radius 3 is 2.79 bits per heavy atom. The first kappa shape index (κ1) is 12.7. The molecule has 0 bridgehead atoms. The zero-order valence-electron chi connectivity index (χ0n) is 11.9. The summed E-state index contributed by atoms with van der Waals surface area (Å²) >= 11 is 0. The third-order valence-corrected chi connectivity index (χ3v) is 4.77. The number of hydrogen-bond acceptors (Lipinski definition) is 2. The molecule has 2 heterocycles. The van der Waals surface area contributed by atoms with Crippen molar-refractivity contribution in [2.45, 2.75) is 39.3 Å². The van der Waals surface area contributed by atoms with Gasteiger partial charge in [-0.2, -0.15) is 0 Å². The maximum Gasteiger partial charge on any atom is 0.254 e. The molecule has 0 radical (unpaired) electrons. The van der Waals surface area contributed by atoms with E-state index >= 15 is 0 Å². The van der Waals surface area contributed by atoms with Crippen LogP contribution in [-0.2, 0) is 0 Å². The second-order valence-corrected chi connectivity index (χ2v) is 6.08. The van der Waals surface area contributed by atoms with Crippen LogP contribution in [0.1, 0.15) is 34.8 Å². The maximum atomic E-state index is 12.8. The largest absolute Gasteiger partial charge is 0.331 e. The lowest BCUT2D eigenvalue weighted by atomic mass is 10.0. The van der Waals surface area contributed by atoms with Gasteiger partial charge in [-0.3, -0.25) is 4.79 Å². The molecule has 0 aromatic heterocycles. The van der Waals surface area contributed by atoms with E-state index in [9.17, 15) is 4.79 Å². The number of aryl methyl sites for hydroxylation is 2. The number of likely N-dealkylation sites (tertiary alicyclic amines) is 1. The molecule has 0 spiro atoms. The first-order valence-corrected chi connectivity index (χ1v) is 7.18. The van der Waals surface area contributed by atoms with Crippen molar-refractivity contribution < 1.29 is 4.79 Å². The molecule has 1 aromatic rings. The molecule has 2 saturated heterocycles. The Labute approximate surface area is 115 Å². The van der Waals surface area contributed by atoms with Crippen LogP contribution < -0.4 is 5.32 Å². The van der Waals surface area contributed by atoms with Crippen LogP contribution >= 0.6 is 0 Å². The van der Waals surface area contributed by atoms with Gasteiger partial charge < -0.3 is 10.2 Å². The van der Waals surface area contributed by atoms with Crippen molar-refractivity contribution >= 4 is 5.91 Å². The summed E-state index contributed by atoms with van der Waals surface area (Å²) in [5.41, 5.74) is 3.27. The molecule has 19 heavy (non-hydrogen) atoms. The smallest absolute Gasteiger partial charge is 0.254 e. The Bertz CT molecular complexity index is 511. The Kier molecular flexibility index (Phi) is 3.09. The van der Waals surface area contributed by atoms with Gasteiger partial charge >= 0.3 is 0 Å². The number of fused-ring (bicyclic) bond motifs is 1. The van der Waals surface area contributed by atoms with Gasteiger partial charge in [0.05, 0.1) is 0 Å². The standard InChI is InChI=1S/C16H22N2O/c1-10-4-5-13(6-11(10)2)16(19)18-12(3)7-14-8-17-9-15(14)18/h4-6,12,14-15,17H,7-9H2,1-3H3. The van der Waals surface area contributed by atoms with Crippen LogP contribution in [0.25, 0.3) is 0 Å². The van der Waals surface area contributed by atoms with E-state index in [1.54, 1.807) is 0 Å². The quantitative estimate of drug-likeness (QED) is 0.837. The number of nitrogens with one attached hydrogen (secondary N) is 1. The number of amides is 1. The lowest BCUT2D eigenvalue weighted by Crippen LogP contribution is -2.42. The minimum atomic E-state index is 0.201. The third-order valence-electron chi connectivity index (χ3n) is 4.77. The number of benzene rings is 1. The van der Waals surface area contributed by atoms with Crippen LogP contribution in [0.15, 0.2) is 18.2 Å². The Morgan fingerprint density at radius 1 is 1.26 bits per heavy atom. The number of rotatable bonds is 1. The van der Waals surface area contributed by atoms with Gasteiger partial charge in [-0.25, -0.2) is 0 Å². The zero-order chi connectivity index (χ0) is 13.6. The summed E-state index contributed by atoms with van der Waals surface area (Å²) in [5.74, 6) is 0.845. The van der Waals surface area contributed by atoms with Crippen LogP contribution in [0.2, 0.25) is 0 Å². The lowest BCUT2D eigenvalue weighted by Gasteiger charge is -2.28. The van der Waals surface area contributed by atoms with Gasteiger partial charge in [-0.1, -0.05) is 6.07 Å². The van der Waals surface area contributed by atoms with Gasteiger partial charge in [0.15, 0.2) is 0 Å². The van der Waals surface area contributed by atoms with E-state index in [1.165, 1.54) is 11.1 Å². The SMILES string of the molecule is Cc1ccc(C(=O)N2C(C)CC3CNCC32)cc1C. The van der Waals surface area contributed by atoms with E-state index in [2.05, 4.69) is 31.0 Å². The molecule has 1 amide bonds. The van der Waals surface area contributed by atoms with Crippen molar-refractivity contribution in [2.75, 3.05) is 13.1 Å². The monoisotopic (exact) mass is 258 g/mol. The first-order valence-electron chi connectivity index (χ1n) is 7.18. The molecular weight excluding hydrogens is 236 g/mol. The van der Waals surface area contributed by atoms with E-state index in [0.29, 0.717) is 18.0 Å². The van der Waals surface area contributed by atoms with Crippen molar-refractivity contribution in [3.63, 3.8) is 0 Å². The van der Waals surface area contributed by atoms with Gasteiger partial charge in [0.1, 0.15) is 0 Å². The Balaban J connectivity index is 1.88. The molecule has 1 aromatic carbocycles. The van der Waals surface area contributed by atoms with Crippen LogP contribution in [-0.4, -0.2) is 36.0 Å². The van der Waals surface area contributed by atoms with Gasteiger partial charge in [0.2, 0.25) is 0 Å². The van der Waals surface area contributed by atoms with Crippen LogP contribution in [0.5, 0.6) is 0 Å². The highest BCUT2D eigenvalue weighted by atomic mass is 16.2. The molecule has 2 fully saturated rings. The van der Waals surface area contributed by atoms with Crippen molar-refractivity contribution in [3.05, 3.63) is 34.9 Å². The van der Waals surface area contributed by atoms with Crippen molar-refractivity contribution in [2.24, 2.45) is 5.92 Å². The predicted octanol–water partition coefficient (Wildman–Crippen LogP) is 2.13. The molecule has 3 unspecified atom stereocenters. The minimum Gasteiger partial charge on any atom is -0.331 e. The fourth-order valence-electron chi connectivity index (χ4n) is 3.54. The average Bonchev–Trinajstić information content (AvgIpc) is 2.91. The molecule has 0 aliphatic carbocycles. The van der Waals surface area contributed by atoms with Gasteiger partial charge in [0.25, 0.3) is 5.91 Å². The maximum absolute atomic E-state index is 12.8. The normalized spacial score (nSPS) is 29.6. The molecule has 3 heteroatoms. The van der Waals surface area contributed by atoms with Crippen LogP contribution in [0.3, 0.4) is 0 Å². The summed E-state index contributed by atoms with van der Waals surface area (Å²) < 4.78 is 0. The first-order chi connectivity index (χ1) is 9.08. The van der Waals surface area contributed by atoms with E-state index in [-0.39, 0.29) is 5.91 Å². The highest BCUT2D eigenvalue weighted by Gasteiger charge is 2.44. The number of nitrogens with zero attached hydrogens (tertiary/aromatic N) is 1. The fraction of sp³-hybridized carbons (Fsp3) is 0.562. The zero-order valence-corrected chi connectivity index (χ0v) is 11.9. The summed E-state index contributed by atoms with van der Waals surface area (Å²) in [7, 11) is 0. The van der Waals surface area contributed by atoms with E-state index in [0.717, 1.165) is 25.1 Å². The van der Waals surface area contributed by atoms with E-state index < -0.39 is 0 Å². The molecule has 3 rings (SSSR count). The molecule has 1 N–H and O–H groups in total. The topological polar surface area (TPSA) is 32.3 Å². The Morgan fingerprint density at radius 2 is 2.05 bits per heavy atom. The molecule has 2 aliphatic rings. The van der Waals surface area contributed by atoms with Crippen LogP contribution in [0.4, 0.5) is 0 Å². The van der Waals surface area contributed by atoms with E-state index in [4.69, 9.17) is 0 Å². The summed E-state index contributed by atoms with van der Waals surface area (Å²) in [4.78, 5) is 14.9. The molecule has 102 valence electrons. The van der Waals surface area contributed by atoms with Crippen LogP contribution in [0, 0.1) is 19.8 Å². The average molecular weight is 258 g/mol. The summed E-state index contributed by atoms with van der Waals surface area (Å²) in [6.07, 6.45) is 1.13. The summed E-state index contributed by atoms with van der Waals surface area (Å²) in [5, 5.41) is 3.41. The number of carbonyl (C=O) groups is 1. The molecule has 3 nitrogen and oxygen atoms in total. The van der Waals surface area contributed by atoms with E-state index in [1.807, 2.05) is 18.2 Å². The third kappa shape index (κ3) is 2.06. The highest BCUT2D eigenvalue weighted by molar-refractivity contribution is 5.95. The van der Waals surface area contributed by atoms with Crippen molar-refractivity contribution in [1.29, 1.82) is 0 Å². The van der Waals surface area contributed by atoms with Gasteiger partial charge in [-0.05, 0) is 56.4 Å². The predicted molar refractivity (Wildman–Crippen MR) is 76.3 cm³/mol. The second kappa shape index (κ2) is 4.64. The van der Waals surface area contributed by atoms with Crippen molar-refractivity contribution in [1.82, 2.24) is 10.2 Å². The molecule has 0 saturated carbocycles. The molecular formula is C16H22N2O. The van der Waals surface area contributed by atoms with Gasteiger partial charge in [-0.15, -0.1) is 0 Å². The number of hydrogen-bond donors (Lipinski definition) is 1. The Hall–Kier alpha value is -1.35. The summed E-state index contributed by atoms with van der Waals surface area (Å²) in [6, 6.07) is 6.80. The summed E-state index contributed by atoms with van der Waals surface area (Å²) in [6.45, 7) is 8.34. The lowest BCUT2D eigenvalue weighted by molar-refractivity contribution is 0.0682. The van der Waals surface area contributed by atoms with Crippen molar-refractivity contribution in [3.8, 4) is 0 Å². The minimum absolute atomic E-state index is 0.201. The number of carbonyl (C=O) groups excluding carboxylic acids is 1. The van der Waals surface area contributed by atoms with Gasteiger partial charge in [0, 0.05) is 30.7 Å². The highest BCUT2D eigenvalue weighted by Crippen LogP contribution is 2.33. The fourth-order valence-corrected chi connectivity index (χ4v) is 3.54. The molecule has 2 aliphatic heterocycles.